The van der Waals surface area contributed by atoms with Gasteiger partial charge in [0.15, 0.2) is 0 Å². The van der Waals surface area contributed by atoms with Gasteiger partial charge < -0.3 is 15.4 Å². The van der Waals surface area contributed by atoms with Gasteiger partial charge in [-0.1, -0.05) is 18.2 Å². The van der Waals surface area contributed by atoms with Gasteiger partial charge in [-0.15, -0.1) is 11.8 Å². The number of anilines is 1. The molecule has 0 saturated carbocycles. The van der Waals surface area contributed by atoms with E-state index in [1.54, 1.807) is 18.2 Å². The smallest absolute Gasteiger partial charge is 0.404 e. The van der Waals surface area contributed by atoms with Crippen LogP contribution in [-0.2, 0) is 9.09 Å². The number of nitrogens with zero attached hydrogens (tertiary/aromatic N) is 2. The van der Waals surface area contributed by atoms with Crippen molar-refractivity contribution in [3.05, 3.63) is 53.1 Å². The minimum Gasteiger partial charge on any atom is -0.404 e. The molecule has 9 nitrogen and oxygen atoms in total. The molecule has 26 heavy (non-hydrogen) atoms. The summed E-state index contributed by atoms with van der Waals surface area (Å²) in [6.07, 6.45) is 0.971. The van der Waals surface area contributed by atoms with Crippen molar-refractivity contribution in [1.82, 2.24) is 9.55 Å². The molecule has 3 rings (SSSR count). The monoisotopic (exact) mass is 399 g/mol. The molecule has 0 radical (unpaired) electrons. The molecule has 140 valence electrons. The van der Waals surface area contributed by atoms with E-state index in [1.807, 2.05) is 0 Å². The van der Waals surface area contributed by atoms with Crippen molar-refractivity contribution in [2.75, 3.05) is 12.3 Å². The van der Waals surface area contributed by atoms with Gasteiger partial charge in [0.2, 0.25) is 0 Å². The Bertz CT molecular complexity index is 864. The molecule has 1 aromatic heterocycles. The van der Waals surface area contributed by atoms with Gasteiger partial charge in [0.25, 0.3) is 0 Å². The highest BCUT2D eigenvalue weighted by atomic mass is 32.2. The van der Waals surface area contributed by atoms with Gasteiger partial charge in [-0.3, -0.25) is 14.0 Å². The van der Waals surface area contributed by atoms with E-state index in [0.29, 0.717) is 0 Å². The van der Waals surface area contributed by atoms with Crippen LogP contribution in [0.5, 0.6) is 5.75 Å². The molecular formula is C15H18N3O6PS. The van der Waals surface area contributed by atoms with Crippen molar-refractivity contribution in [3.63, 3.8) is 0 Å². The molecule has 4 N–H and O–H groups in total. The average molecular weight is 399 g/mol. The normalized spacial score (nSPS) is 24.9. The van der Waals surface area contributed by atoms with Crippen molar-refractivity contribution in [3.8, 4) is 5.75 Å². The Morgan fingerprint density at radius 2 is 2.08 bits per heavy atom. The molecule has 4 atom stereocenters. The maximum Gasteiger partial charge on any atom is 0.527 e. The van der Waals surface area contributed by atoms with Crippen LogP contribution < -0.4 is 15.9 Å². The standard InChI is InChI=1S/C15H18N3O6PS/c16-13-6-7-18(15(20)17-13)14-8-11(19)12(26-14)9-23-25(21,22)24-10-4-2-1-3-5-10/h1-7,11-12,14,19H,8-9H2,(H,21,22)(H2,16,17,20)/t11-,12?,14-/m1/s1. The summed E-state index contributed by atoms with van der Waals surface area (Å²) in [5.74, 6) is 0.323. The quantitative estimate of drug-likeness (QED) is 0.615. The number of aliphatic hydroxyl groups is 1. The molecule has 0 aliphatic carbocycles. The van der Waals surface area contributed by atoms with Gasteiger partial charge in [0, 0.05) is 12.6 Å². The second-order valence-electron chi connectivity index (χ2n) is 5.64. The number of nitrogens with two attached hydrogens (primary N) is 1. The number of aliphatic hydroxyl groups excluding tert-OH is 1. The van der Waals surface area contributed by atoms with E-state index in [-0.39, 0.29) is 30.0 Å². The van der Waals surface area contributed by atoms with Crippen LogP contribution >= 0.6 is 19.6 Å². The number of para-hydroxylation sites is 1. The first-order valence-electron chi connectivity index (χ1n) is 7.74. The van der Waals surface area contributed by atoms with Crippen LogP contribution in [0.3, 0.4) is 0 Å². The summed E-state index contributed by atoms with van der Waals surface area (Å²) < 4.78 is 23.4. The molecule has 2 heterocycles. The molecule has 1 fully saturated rings. The molecule has 0 spiro atoms. The van der Waals surface area contributed by atoms with Crippen LogP contribution in [0.25, 0.3) is 0 Å². The topological polar surface area (TPSA) is 137 Å². The Morgan fingerprint density at radius 3 is 2.77 bits per heavy atom. The highest BCUT2D eigenvalue weighted by Gasteiger charge is 2.37. The van der Waals surface area contributed by atoms with E-state index >= 15 is 0 Å². The molecule has 1 aliphatic heterocycles. The Hall–Kier alpha value is -1.84. The third-order valence-corrected chi connectivity index (χ3v) is 6.18. The third-order valence-electron chi connectivity index (χ3n) is 3.73. The van der Waals surface area contributed by atoms with Gasteiger partial charge in [-0.2, -0.15) is 4.98 Å². The largest absolute Gasteiger partial charge is 0.527 e. The van der Waals surface area contributed by atoms with Crippen LogP contribution in [0, 0.1) is 0 Å². The zero-order valence-electron chi connectivity index (χ0n) is 13.5. The van der Waals surface area contributed by atoms with E-state index in [2.05, 4.69) is 4.98 Å². The summed E-state index contributed by atoms with van der Waals surface area (Å²) in [4.78, 5) is 25.4. The SMILES string of the molecule is Nc1ccn([C@H]2C[C@@H](O)C(COP(=O)(O)Oc3ccccc3)S2)c(=O)n1. The number of aromatic nitrogens is 2. The molecule has 2 aromatic rings. The molecule has 11 heteroatoms. The molecule has 1 aromatic carbocycles. The van der Waals surface area contributed by atoms with Gasteiger partial charge in [-0.05, 0) is 18.2 Å². The zero-order chi connectivity index (χ0) is 18.7. The third kappa shape index (κ3) is 4.66. The molecule has 1 saturated heterocycles. The molecule has 1 aliphatic rings. The second-order valence-corrected chi connectivity index (χ2v) is 8.44. The number of hydrogen-bond acceptors (Lipinski definition) is 8. The fraction of sp³-hybridized carbons (Fsp3) is 0.333. The first kappa shape index (κ1) is 18.9. The highest BCUT2D eigenvalue weighted by molar-refractivity contribution is 8.00. The number of phosphoric ester groups is 1. The number of phosphoric acid groups is 1. The fourth-order valence-corrected chi connectivity index (χ4v) is 4.82. The number of hydrogen-bond donors (Lipinski definition) is 3. The van der Waals surface area contributed by atoms with E-state index < -0.39 is 24.9 Å². The van der Waals surface area contributed by atoms with Crippen molar-refractivity contribution >= 4 is 25.4 Å². The summed E-state index contributed by atoms with van der Waals surface area (Å²) in [7, 11) is -4.32. The number of benzene rings is 1. The number of nitrogen functional groups attached to an aromatic ring is 1. The first-order valence-corrected chi connectivity index (χ1v) is 10.2. The maximum absolute atomic E-state index is 12.0. The highest BCUT2D eigenvalue weighted by Crippen LogP contribution is 2.47. The lowest BCUT2D eigenvalue weighted by Crippen LogP contribution is -2.25. The lowest BCUT2D eigenvalue weighted by atomic mass is 10.2. The minimum absolute atomic E-state index is 0.119. The van der Waals surface area contributed by atoms with Crippen LogP contribution in [0.4, 0.5) is 5.82 Å². The van der Waals surface area contributed by atoms with E-state index in [1.165, 1.54) is 40.7 Å². The van der Waals surface area contributed by atoms with Gasteiger partial charge in [0.05, 0.1) is 23.3 Å². The van der Waals surface area contributed by atoms with Crippen molar-refractivity contribution in [1.29, 1.82) is 0 Å². The van der Waals surface area contributed by atoms with Crippen LogP contribution in [-0.4, -0.2) is 37.5 Å². The minimum atomic E-state index is -4.32. The van der Waals surface area contributed by atoms with E-state index in [0.717, 1.165) is 0 Å². The second kappa shape index (κ2) is 7.81. The average Bonchev–Trinajstić information content (AvgIpc) is 2.94. The number of thioether (sulfide) groups is 1. The maximum atomic E-state index is 12.0. The molecule has 0 bridgehead atoms. The van der Waals surface area contributed by atoms with Crippen molar-refractivity contribution in [2.24, 2.45) is 0 Å². The van der Waals surface area contributed by atoms with Crippen molar-refractivity contribution in [2.45, 2.75) is 23.1 Å². The lowest BCUT2D eigenvalue weighted by Gasteiger charge is -2.17. The predicted molar refractivity (Wildman–Crippen MR) is 96.8 cm³/mol. The lowest BCUT2D eigenvalue weighted by molar-refractivity contribution is 0.130. The van der Waals surface area contributed by atoms with Gasteiger partial charge in [-0.25, -0.2) is 9.36 Å². The molecule has 0 amide bonds. The molecule has 2 unspecified atom stereocenters. The summed E-state index contributed by atoms with van der Waals surface area (Å²) in [5.41, 5.74) is 4.95. The Morgan fingerprint density at radius 1 is 1.35 bits per heavy atom. The summed E-state index contributed by atoms with van der Waals surface area (Å²) in [6, 6.07) is 9.62. The van der Waals surface area contributed by atoms with Crippen LogP contribution in [0.1, 0.15) is 11.8 Å². The zero-order valence-corrected chi connectivity index (χ0v) is 15.3. The Kier molecular flexibility index (Phi) is 5.69. The van der Waals surface area contributed by atoms with Gasteiger partial charge in [0.1, 0.15) is 11.6 Å². The van der Waals surface area contributed by atoms with E-state index in [4.69, 9.17) is 14.8 Å². The summed E-state index contributed by atoms with van der Waals surface area (Å²) in [6.45, 7) is -0.208. The van der Waals surface area contributed by atoms with Gasteiger partial charge >= 0.3 is 13.5 Å². The Labute approximate surface area is 153 Å². The summed E-state index contributed by atoms with van der Waals surface area (Å²) in [5, 5.41) is 9.32. The van der Waals surface area contributed by atoms with Crippen molar-refractivity contribution < 1.29 is 23.6 Å². The first-order chi connectivity index (χ1) is 12.3. The van der Waals surface area contributed by atoms with Crippen LogP contribution in [0.2, 0.25) is 0 Å². The number of rotatable bonds is 6. The Balaban J connectivity index is 1.60. The fourth-order valence-electron chi connectivity index (χ4n) is 2.49. The summed E-state index contributed by atoms with van der Waals surface area (Å²) >= 11 is 1.26. The van der Waals surface area contributed by atoms with E-state index in [9.17, 15) is 19.4 Å². The molecular weight excluding hydrogens is 381 g/mol. The van der Waals surface area contributed by atoms with Crippen LogP contribution in [0.15, 0.2) is 47.4 Å². The predicted octanol–water partition coefficient (Wildman–Crippen LogP) is 1.39.